The number of carboxylic acids is 1. The fourth-order valence-electron chi connectivity index (χ4n) is 3.44. The van der Waals surface area contributed by atoms with E-state index in [4.69, 9.17) is 14.9 Å². The van der Waals surface area contributed by atoms with E-state index in [9.17, 15) is 27.6 Å². The molecule has 3 rings (SSSR count). The maximum absolute atomic E-state index is 13.2. The van der Waals surface area contributed by atoms with Crippen LogP contribution in [-0.4, -0.2) is 59.7 Å². The van der Waals surface area contributed by atoms with Crippen LogP contribution in [0, 0.1) is 0 Å². The zero-order chi connectivity index (χ0) is 23.5. The van der Waals surface area contributed by atoms with Gasteiger partial charge in [-0.05, 0) is 22.3 Å². The van der Waals surface area contributed by atoms with Crippen LogP contribution in [0.5, 0.6) is 0 Å². The smallest absolute Gasteiger partial charge is 0.417 e. The molecule has 1 unspecified atom stereocenters. The maximum Gasteiger partial charge on any atom is 0.417 e. The first-order valence-electron chi connectivity index (χ1n) is 9.46. The second kappa shape index (κ2) is 9.27. The van der Waals surface area contributed by atoms with Crippen LogP contribution in [0.15, 0.2) is 48.5 Å². The molecular formula is C21H19F3N2O6. The van der Waals surface area contributed by atoms with Crippen LogP contribution < -0.4 is 10.6 Å². The van der Waals surface area contributed by atoms with Gasteiger partial charge >= 0.3 is 18.2 Å². The normalized spacial score (nSPS) is 14.6. The molecule has 0 aromatic heterocycles. The standard InChI is InChI=1S/C21H19F3N2O6/c22-21(23,24)17(18(28)25-9-16(27)19(29)30)26-20(31)32-10-15-13-7-3-1-5-11(13)12-6-2-4-8-14(12)15/h1-8,15-17,27H,9-10H2,(H,25,28)(H,26,31)(H,29,30)/t16-,17?/m0/s1. The summed E-state index contributed by atoms with van der Waals surface area (Å²) < 4.78 is 44.7. The molecule has 0 spiro atoms. The van der Waals surface area contributed by atoms with Gasteiger partial charge in [0.1, 0.15) is 6.61 Å². The Hall–Kier alpha value is -3.60. The first kappa shape index (κ1) is 23.1. The Morgan fingerprint density at radius 3 is 2.03 bits per heavy atom. The third-order valence-corrected chi connectivity index (χ3v) is 4.95. The van der Waals surface area contributed by atoms with Gasteiger partial charge in [-0.3, -0.25) is 4.79 Å². The second-order valence-electron chi connectivity index (χ2n) is 7.04. The van der Waals surface area contributed by atoms with E-state index >= 15 is 0 Å². The number of halogens is 3. The van der Waals surface area contributed by atoms with Gasteiger partial charge in [-0.1, -0.05) is 48.5 Å². The summed E-state index contributed by atoms with van der Waals surface area (Å²) in [6.07, 6.45) is -8.74. The Balaban J connectivity index is 1.66. The number of aliphatic hydroxyl groups excluding tert-OH is 1. The summed E-state index contributed by atoms with van der Waals surface area (Å²) in [6.45, 7) is -1.23. The van der Waals surface area contributed by atoms with E-state index in [2.05, 4.69) is 0 Å². The quantitative estimate of drug-likeness (QED) is 0.510. The summed E-state index contributed by atoms with van der Waals surface area (Å²) in [6, 6.07) is 11.8. The van der Waals surface area contributed by atoms with Crippen molar-refractivity contribution in [3.63, 3.8) is 0 Å². The molecule has 0 heterocycles. The van der Waals surface area contributed by atoms with E-state index in [1.807, 2.05) is 36.4 Å². The van der Waals surface area contributed by atoms with Gasteiger partial charge in [0.05, 0.1) is 6.54 Å². The van der Waals surface area contributed by atoms with Crippen molar-refractivity contribution < 1.29 is 42.5 Å². The Kier molecular flexibility index (Phi) is 6.68. The largest absolute Gasteiger partial charge is 0.479 e. The van der Waals surface area contributed by atoms with Gasteiger partial charge < -0.3 is 25.6 Å². The predicted molar refractivity (Wildman–Crippen MR) is 105 cm³/mol. The summed E-state index contributed by atoms with van der Waals surface area (Å²) in [4.78, 5) is 34.4. The van der Waals surface area contributed by atoms with Crippen LogP contribution in [0.4, 0.5) is 18.0 Å². The highest BCUT2D eigenvalue weighted by atomic mass is 19.4. The van der Waals surface area contributed by atoms with Gasteiger partial charge in [0, 0.05) is 5.92 Å². The van der Waals surface area contributed by atoms with Crippen molar-refractivity contribution >= 4 is 18.0 Å². The lowest BCUT2D eigenvalue weighted by molar-refractivity contribution is -0.167. The first-order chi connectivity index (χ1) is 15.1. The van der Waals surface area contributed by atoms with Crippen molar-refractivity contribution in [2.75, 3.05) is 13.2 Å². The molecule has 0 bridgehead atoms. The van der Waals surface area contributed by atoms with Crippen molar-refractivity contribution in [2.45, 2.75) is 24.2 Å². The molecular weight excluding hydrogens is 433 g/mol. The molecule has 170 valence electrons. The number of benzene rings is 2. The number of aliphatic hydroxyl groups is 1. The van der Waals surface area contributed by atoms with Crippen molar-refractivity contribution in [3.05, 3.63) is 59.7 Å². The monoisotopic (exact) mass is 452 g/mol. The molecule has 2 aromatic carbocycles. The summed E-state index contributed by atoms with van der Waals surface area (Å²) in [5.41, 5.74) is 3.58. The number of fused-ring (bicyclic) bond motifs is 3. The van der Waals surface area contributed by atoms with E-state index in [-0.39, 0.29) is 6.61 Å². The van der Waals surface area contributed by atoms with Crippen molar-refractivity contribution in [2.24, 2.45) is 0 Å². The Labute approximate surface area is 180 Å². The number of carboxylic acid groups (broad SMARTS) is 1. The molecule has 0 radical (unpaired) electrons. The Morgan fingerprint density at radius 2 is 1.53 bits per heavy atom. The molecule has 0 saturated carbocycles. The van der Waals surface area contributed by atoms with Gasteiger partial charge in [0.2, 0.25) is 6.04 Å². The number of alkyl halides is 3. The molecule has 8 nitrogen and oxygen atoms in total. The SMILES string of the molecule is O=C(NC(C(=O)NC[C@H](O)C(=O)O)C(F)(F)F)OCC1c2ccccc2-c2ccccc21. The van der Waals surface area contributed by atoms with Crippen LogP contribution in [0.1, 0.15) is 17.0 Å². The van der Waals surface area contributed by atoms with Crippen molar-refractivity contribution in [1.82, 2.24) is 10.6 Å². The summed E-state index contributed by atoms with van der Waals surface area (Å²) in [5.74, 6) is -3.85. The number of nitrogens with one attached hydrogen (secondary N) is 2. The molecule has 1 aliphatic carbocycles. The van der Waals surface area contributed by atoms with Gasteiger partial charge in [0.15, 0.2) is 6.10 Å². The zero-order valence-electron chi connectivity index (χ0n) is 16.4. The third kappa shape index (κ3) is 4.99. The number of carbonyl (C=O) groups is 3. The molecule has 0 saturated heterocycles. The Morgan fingerprint density at radius 1 is 1.00 bits per heavy atom. The van der Waals surface area contributed by atoms with E-state index in [1.165, 1.54) is 5.32 Å². The molecule has 11 heteroatoms. The van der Waals surface area contributed by atoms with Crippen LogP contribution in [-0.2, 0) is 14.3 Å². The number of ether oxygens (including phenoxy) is 1. The van der Waals surface area contributed by atoms with E-state index < -0.39 is 48.8 Å². The fraction of sp³-hybridized carbons (Fsp3) is 0.286. The summed E-state index contributed by atoms with van der Waals surface area (Å²) in [5, 5.41) is 20.7. The third-order valence-electron chi connectivity index (χ3n) is 4.95. The molecule has 1 aliphatic rings. The van der Waals surface area contributed by atoms with E-state index in [0.717, 1.165) is 22.3 Å². The lowest BCUT2D eigenvalue weighted by atomic mass is 9.98. The van der Waals surface area contributed by atoms with Crippen LogP contribution in [0.25, 0.3) is 11.1 Å². The molecule has 0 fully saturated rings. The number of amides is 2. The topological polar surface area (TPSA) is 125 Å². The molecule has 32 heavy (non-hydrogen) atoms. The molecule has 2 amide bonds. The first-order valence-corrected chi connectivity index (χ1v) is 9.46. The minimum atomic E-state index is -5.18. The van der Waals surface area contributed by atoms with Gasteiger partial charge in [-0.2, -0.15) is 13.2 Å². The minimum Gasteiger partial charge on any atom is -0.479 e. The number of hydrogen-bond donors (Lipinski definition) is 4. The molecule has 4 N–H and O–H groups in total. The highest BCUT2D eigenvalue weighted by Gasteiger charge is 2.46. The van der Waals surface area contributed by atoms with Crippen molar-refractivity contribution in [1.29, 1.82) is 0 Å². The highest BCUT2D eigenvalue weighted by molar-refractivity contribution is 5.87. The highest BCUT2D eigenvalue weighted by Crippen LogP contribution is 2.44. The van der Waals surface area contributed by atoms with Crippen LogP contribution in [0.3, 0.4) is 0 Å². The average molecular weight is 452 g/mol. The number of aliphatic carboxylic acids is 1. The maximum atomic E-state index is 13.2. The lowest BCUT2D eigenvalue weighted by Crippen LogP contribution is -2.56. The van der Waals surface area contributed by atoms with Crippen LogP contribution >= 0.6 is 0 Å². The van der Waals surface area contributed by atoms with E-state index in [0.29, 0.717) is 0 Å². The number of alkyl carbamates (subject to hydrolysis) is 1. The molecule has 2 aromatic rings. The zero-order valence-corrected chi connectivity index (χ0v) is 16.4. The van der Waals surface area contributed by atoms with Crippen molar-refractivity contribution in [3.8, 4) is 11.1 Å². The summed E-state index contributed by atoms with van der Waals surface area (Å²) in [7, 11) is 0. The van der Waals surface area contributed by atoms with Gasteiger partial charge in [-0.25, -0.2) is 9.59 Å². The average Bonchev–Trinajstić information content (AvgIpc) is 3.07. The van der Waals surface area contributed by atoms with Crippen LogP contribution in [0.2, 0.25) is 0 Å². The molecule has 0 aliphatic heterocycles. The lowest BCUT2D eigenvalue weighted by Gasteiger charge is -2.22. The molecule has 2 atom stereocenters. The predicted octanol–water partition coefficient (Wildman–Crippen LogP) is 2.02. The minimum absolute atomic E-state index is 0.260. The number of rotatable bonds is 7. The summed E-state index contributed by atoms with van der Waals surface area (Å²) >= 11 is 0. The van der Waals surface area contributed by atoms with Gasteiger partial charge in [0.25, 0.3) is 5.91 Å². The number of hydrogen-bond acceptors (Lipinski definition) is 5. The number of carbonyl (C=O) groups excluding carboxylic acids is 2. The Bertz CT molecular complexity index is 981. The fourth-order valence-corrected chi connectivity index (χ4v) is 3.44. The van der Waals surface area contributed by atoms with Gasteiger partial charge in [-0.15, -0.1) is 0 Å². The second-order valence-corrected chi connectivity index (χ2v) is 7.04. The van der Waals surface area contributed by atoms with E-state index in [1.54, 1.807) is 17.4 Å².